The summed E-state index contributed by atoms with van der Waals surface area (Å²) in [6.45, 7) is 12.2. The van der Waals surface area contributed by atoms with Crippen molar-refractivity contribution in [3.8, 4) is 0 Å². The fourth-order valence-corrected chi connectivity index (χ4v) is 5.23. The van der Waals surface area contributed by atoms with E-state index in [-0.39, 0.29) is 17.4 Å². The SMILES string of the molecule is CCN1CCN(C(=O)[C@@]23CCCC[C@H]2N(CCC(C)C)C(=O)CC3)CC1. The highest BCUT2D eigenvalue weighted by molar-refractivity contribution is 5.88. The molecule has 0 bridgehead atoms. The first-order chi connectivity index (χ1) is 12.5. The number of hydrogen-bond donors (Lipinski definition) is 0. The third kappa shape index (κ3) is 3.78. The number of rotatable bonds is 5. The van der Waals surface area contributed by atoms with E-state index < -0.39 is 0 Å². The third-order valence-corrected chi connectivity index (χ3v) is 6.95. The van der Waals surface area contributed by atoms with Gasteiger partial charge in [-0.1, -0.05) is 33.6 Å². The predicted octanol–water partition coefficient (Wildman–Crippen LogP) is 2.75. The first-order valence-electron chi connectivity index (χ1n) is 10.8. The number of carbonyl (C=O) groups is 2. The molecule has 1 saturated carbocycles. The second-order valence-corrected chi connectivity index (χ2v) is 8.91. The van der Waals surface area contributed by atoms with Crippen molar-refractivity contribution in [3.05, 3.63) is 0 Å². The van der Waals surface area contributed by atoms with E-state index in [1.807, 2.05) is 0 Å². The van der Waals surface area contributed by atoms with Gasteiger partial charge in [0.25, 0.3) is 0 Å². The van der Waals surface area contributed by atoms with Gasteiger partial charge in [0, 0.05) is 45.2 Å². The highest BCUT2D eigenvalue weighted by atomic mass is 16.2. The van der Waals surface area contributed by atoms with Gasteiger partial charge in [0.15, 0.2) is 0 Å². The van der Waals surface area contributed by atoms with Crippen molar-refractivity contribution < 1.29 is 9.59 Å². The molecule has 0 aromatic carbocycles. The molecule has 0 aromatic heterocycles. The average Bonchev–Trinajstić information content (AvgIpc) is 2.66. The summed E-state index contributed by atoms with van der Waals surface area (Å²) in [6, 6.07) is 0.132. The Morgan fingerprint density at radius 3 is 2.54 bits per heavy atom. The molecular weight excluding hydrogens is 326 g/mol. The molecule has 2 atom stereocenters. The molecule has 0 radical (unpaired) electrons. The average molecular weight is 364 g/mol. The molecule has 148 valence electrons. The third-order valence-electron chi connectivity index (χ3n) is 6.95. The number of hydrogen-bond acceptors (Lipinski definition) is 3. The van der Waals surface area contributed by atoms with Crippen LogP contribution in [-0.2, 0) is 9.59 Å². The summed E-state index contributed by atoms with van der Waals surface area (Å²) in [5.74, 6) is 1.21. The number of carbonyl (C=O) groups excluding carboxylic acids is 2. The Balaban J connectivity index is 1.77. The van der Waals surface area contributed by atoms with Crippen LogP contribution < -0.4 is 0 Å². The van der Waals surface area contributed by atoms with Gasteiger partial charge in [-0.3, -0.25) is 9.59 Å². The van der Waals surface area contributed by atoms with Gasteiger partial charge in [-0.15, -0.1) is 0 Å². The lowest BCUT2D eigenvalue weighted by atomic mass is 9.64. The van der Waals surface area contributed by atoms with Gasteiger partial charge in [0.1, 0.15) is 0 Å². The molecule has 0 unspecified atom stereocenters. The topological polar surface area (TPSA) is 43.9 Å². The lowest BCUT2D eigenvalue weighted by Gasteiger charge is -2.53. The van der Waals surface area contributed by atoms with Crippen molar-refractivity contribution in [2.75, 3.05) is 39.3 Å². The molecule has 3 rings (SSSR count). The Bertz CT molecular complexity index is 513. The second kappa shape index (κ2) is 8.28. The van der Waals surface area contributed by atoms with E-state index in [9.17, 15) is 9.59 Å². The smallest absolute Gasteiger partial charge is 0.230 e. The Kier molecular flexibility index (Phi) is 6.26. The number of likely N-dealkylation sites (N-methyl/N-ethyl adjacent to an activating group) is 1. The molecule has 0 aromatic rings. The number of fused-ring (bicyclic) bond motifs is 1. The Morgan fingerprint density at radius 1 is 1.15 bits per heavy atom. The lowest BCUT2D eigenvalue weighted by Crippen LogP contribution is -2.64. The zero-order valence-electron chi connectivity index (χ0n) is 17.0. The number of likely N-dealkylation sites (tertiary alicyclic amines) is 1. The minimum atomic E-state index is -0.308. The van der Waals surface area contributed by atoms with Gasteiger partial charge in [-0.2, -0.15) is 0 Å². The van der Waals surface area contributed by atoms with Crippen LogP contribution in [0.1, 0.15) is 65.7 Å². The minimum absolute atomic E-state index is 0.132. The molecule has 0 spiro atoms. The van der Waals surface area contributed by atoms with Crippen molar-refractivity contribution in [2.24, 2.45) is 11.3 Å². The van der Waals surface area contributed by atoms with E-state index in [2.05, 4.69) is 35.5 Å². The Morgan fingerprint density at radius 2 is 1.88 bits per heavy atom. The van der Waals surface area contributed by atoms with Crippen molar-refractivity contribution >= 4 is 11.8 Å². The van der Waals surface area contributed by atoms with Crippen LogP contribution in [0.3, 0.4) is 0 Å². The summed E-state index contributed by atoms with van der Waals surface area (Å²) < 4.78 is 0. The van der Waals surface area contributed by atoms with Crippen LogP contribution >= 0.6 is 0 Å². The number of piperazine rings is 1. The van der Waals surface area contributed by atoms with Crippen LogP contribution in [-0.4, -0.2) is 71.8 Å². The van der Waals surface area contributed by atoms with Gasteiger partial charge in [-0.25, -0.2) is 0 Å². The lowest BCUT2D eigenvalue weighted by molar-refractivity contribution is -0.163. The summed E-state index contributed by atoms with van der Waals surface area (Å²) in [4.78, 5) is 33.0. The zero-order chi connectivity index (χ0) is 18.7. The van der Waals surface area contributed by atoms with E-state index in [0.29, 0.717) is 18.2 Å². The fourth-order valence-electron chi connectivity index (χ4n) is 5.23. The molecule has 5 nitrogen and oxygen atoms in total. The molecule has 5 heteroatoms. The van der Waals surface area contributed by atoms with E-state index in [1.165, 1.54) is 0 Å². The maximum Gasteiger partial charge on any atom is 0.230 e. The van der Waals surface area contributed by atoms with Crippen LogP contribution in [0.25, 0.3) is 0 Å². The quantitative estimate of drug-likeness (QED) is 0.754. The number of amides is 2. The second-order valence-electron chi connectivity index (χ2n) is 8.91. The van der Waals surface area contributed by atoms with Crippen molar-refractivity contribution in [1.29, 1.82) is 0 Å². The monoisotopic (exact) mass is 363 g/mol. The van der Waals surface area contributed by atoms with Crippen molar-refractivity contribution in [1.82, 2.24) is 14.7 Å². The number of piperidine rings is 1. The molecule has 2 aliphatic heterocycles. The molecule has 3 aliphatic rings. The normalized spacial score (nSPS) is 30.6. The summed E-state index contributed by atoms with van der Waals surface area (Å²) >= 11 is 0. The van der Waals surface area contributed by atoms with Crippen LogP contribution in [0, 0.1) is 11.3 Å². The molecule has 26 heavy (non-hydrogen) atoms. The molecule has 2 heterocycles. The first-order valence-corrected chi connectivity index (χ1v) is 10.8. The van der Waals surface area contributed by atoms with Gasteiger partial charge < -0.3 is 14.7 Å². The molecule has 1 aliphatic carbocycles. The summed E-state index contributed by atoms with van der Waals surface area (Å²) in [6.07, 6.45) is 6.59. The predicted molar refractivity (Wildman–Crippen MR) is 104 cm³/mol. The first kappa shape index (κ1) is 19.7. The zero-order valence-corrected chi connectivity index (χ0v) is 17.0. The molecule has 3 fully saturated rings. The minimum Gasteiger partial charge on any atom is -0.340 e. The van der Waals surface area contributed by atoms with E-state index >= 15 is 0 Å². The summed E-state index contributed by atoms with van der Waals surface area (Å²) in [7, 11) is 0. The van der Waals surface area contributed by atoms with Crippen molar-refractivity contribution in [3.63, 3.8) is 0 Å². The molecular formula is C21H37N3O2. The summed E-state index contributed by atoms with van der Waals surface area (Å²) in [5.41, 5.74) is -0.308. The fraction of sp³-hybridized carbons (Fsp3) is 0.905. The van der Waals surface area contributed by atoms with Crippen LogP contribution in [0.2, 0.25) is 0 Å². The van der Waals surface area contributed by atoms with Gasteiger partial charge >= 0.3 is 0 Å². The van der Waals surface area contributed by atoms with Crippen LogP contribution in [0.5, 0.6) is 0 Å². The summed E-state index contributed by atoms with van der Waals surface area (Å²) in [5, 5.41) is 0. The van der Waals surface area contributed by atoms with E-state index in [0.717, 1.165) is 77.8 Å². The van der Waals surface area contributed by atoms with E-state index in [4.69, 9.17) is 0 Å². The Hall–Kier alpha value is -1.10. The van der Waals surface area contributed by atoms with Gasteiger partial charge in [0.05, 0.1) is 5.41 Å². The maximum absolute atomic E-state index is 13.7. The van der Waals surface area contributed by atoms with Crippen LogP contribution in [0.4, 0.5) is 0 Å². The van der Waals surface area contributed by atoms with E-state index in [1.54, 1.807) is 0 Å². The number of nitrogens with zero attached hydrogens (tertiary/aromatic N) is 3. The van der Waals surface area contributed by atoms with Crippen LogP contribution in [0.15, 0.2) is 0 Å². The Labute approximate surface area is 159 Å². The standard InChI is InChI=1S/C21H37N3O2/c1-4-22-13-15-23(16-14-22)20(26)21-10-6-5-7-18(21)24(12-9-17(2)3)19(25)8-11-21/h17-18H,4-16H2,1-3H3/t18-,21-/m1/s1. The van der Waals surface area contributed by atoms with Gasteiger partial charge in [-0.05, 0) is 38.1 Å². The van der Waals surface area contributed by atoms with Gasteiger partial charge in [0.2, 0.25) is 11.8 Å². The van der Waals surface area contributed by atoms with Crippen molar-refractivity contribution in [2.45, 2.75) is 71.8 Å². The largest absolute Gasteiger partial charge is 0.340 e. The molecule has 2 amide bonds. The molecule has 0 N–H and O–H groups in total. The highest BCUT2D eigenvalue weighted by Gasteiger charge is 2.54. The highest BCUT2D eigenvalue weighted by Crippen LogP contribution is 2.47. The maximum atomic E-state index is 13.7. The molecule has 2 saturated heterocycles.